The van der Waals surface area contributed by atoms with Gasteiger partial charge in [0, 0.05) is 5.02 Å². The van der Waals surface area contributed by atoms with E-state index in [0.717, 1.165) is 16.7 Å². The smallest absolute Gasteiger partial charge is 0.335 e. The van der Waals surface area contributed by atoms with Crippen molar-refractivity contribution in [1.82, 2.24) is 0 Å². The van der Waals surface area contributed by atoms with Gasteiger partial charge in [-0.3, -0.25) is 0 Å². The van der Waals surface area contributed by atoms with Crippen LogP contribution in [0, 0.1) is 0 Å². The molecule has 0 spiro atoms. The molecule has 0 aliphatic heterocycles. The van der Waals surface area contributed by atoms with Crippen molar-refractivity contribution in [2.24, 2.45) is 0 Å². The average molecular weight is 275 g/mol. The van der Waals surface area contributed by atoms with Crippen LogP contribution >= 0.6 is 11.6 Å². The highest BCUT2D eigenvalue weighted by atomic mass is 35.5. The van der Waals surface area contributed by atoms with Gasteiger partial charge in [-0.2, -0.15) is 0 Å². The molecule has 0 aliphatic carbocycles. The van der Waals surface area contributed by atoms with Gasteiger partial charge in [-0.25, -0.2) is 4.79 Å². The van der Waals surface area contributed by atoms with Gasteiger partial charge < -0.3 is 5.11 Å². The largest absolute Gasteiger partial charge is 0.478 e. The van der Waals surface area contributed by atoms with Crippen molar-refractivity contribution in [1.29, 1.82) is 0 Å². The number of carboxylic acid groups (broad SMARTS) is 1. The topological polar surface area (TPSA) is 37.3 Å². The van der Waals surface area contributed by atoms with E-state index < -0.39 is 5.97 Å². The van der Waals surface area contributed by atoms with Gasteiger partial charge in [0.2, 0.25) is 0 Å². The van der Waals surface area contributed by atoms with Crippen LogP contribution in [0.5, 0.6) is 0 Å². The molecule has 0 saturated heterocycles. The molecule has 2 aromatic rings. The van der Waals surface area contributed by atoms with E-state index in [1.54, 1.807) is 12.1 Å². The van der Waals surface area contributed by atoms with E-state index in [4.69, 9.17) is 16.7 Å². The van der Waals surface area contributed by atoms with Crippen LogP contribution in [0.4, 0.5) is 0 Å². The van der Waals surface area contributed by atoms with Crippen LogP contribution in [0.25, 0.3) is 11.1 Å². The molecule has 1 N–H and O–H groups in total. The lowest BCUT2D eigenvalue weighted by molar-refractivity contribution is 0.0697. The number of carboxylic acids is 1. The predicted octanol–water partition coefficient (Wildman–Crippen LogP) is 4.83. The lowest BCUT2D eigenvalue weighted by Crippen LogP contribution is -2.00. The quantitative estimate of drug-likeness (QED) is 0.870. The summed E-state index contributed by atoms with van der Waals surface area (Å²) < 4.78 is 0. The van der Waals surface area contributed by atoms with Crippen LogP contribution in [0.15, 0.2) is 42.5 Å². The maximum Gasteiger partial charge on any atom is 0.335 e. The monoisotopic (exact) mass is 274 g/mol. The van der Waals surface area contributed by atoms with E-state index in [0.29, 0.717) is 16.5 Å². The summed E-state index contributed by atoms with van der Waals surface area (Å²) in [5, 5.41) is 9.78. The molecule has 3 heteroatoms. The molecule has 0 unspecified atom stereocenters. The van der Waals surface area contributed by atoms with Crippen LogP contribution < -0.4 is 0 Å². The number of hydrogen-bond donors (Lipinski definition) is 1. The van der Waals surface area contributed by atoms with E-state index in [1.807, 2.05) is 30.3 Å². The Balaban J connectivity index is 2.60. The van der Waals surface area contributed by atoms with Crippen molar-refractivity contribution in [3.8, 4) is 11.1 Å². The highest BCUT2D eigenvalue weighted by Gasteiger charge is 2.12. The van der Waals surface area contributed by atoms with Crippen molar-refractivity contribution in [3.63, 3.8) is 0 Å². The minimum Gasteiger partial charge on any atom is -0.478 e. The van der Waals surface area contributed by atoms with Crippen molar-refractivity contribution < 1.29 is 9.90 Å². The van der Waals surface area contributed by atoms with E-state index in [2.05, 4.69) is 13.8 Å². The van der Waals surface area contributed by atoms with Crippen molar-refractivity contribution >= 4 is 17.6 Å². The SMILES string of the molecule is CC(C)c1ccc(C(=O)O)cc1-c1ccc(Cl)cc1. The first-order valence-corrected chi connectivity index (χ1v) is 6.50. The van der Waals surface area contributed by atoms with Gasteiger partial charge >= 0.3 is 5.97 Å². The first kappa shape index (κ1) is 13.6. The van der Waals surface area contributed by atoms with Crippen LogP contribution in [0.2, 0.25) is 5.02 Å². The first-order chi connectivity index (χ1) is 8.99. The maximum atomic E-state index is 11.1. The zero-order valence-corrected chi connectivity index (χ0v) is 11.6. The molecule has 2 aromatic carbocycles. The standard InChI is InChI=1S/C16H15ClO2/c1-10(2)14-8-5-12(16(18)19)9-15(14)11-3-6-13(17)7-4-11/h3-10H,1-2H3,(H,18,19). The van der Waals surface area contributed by atoms with Gasteiger partial charge in [0.05, 0.1) is 5.56 Å². The van der Waals surface area contributed by atoms with Gasteiger partial charge in [0.1, 0.15) is 0 Å². The Labute approximate surface area is 117 Å². The van der Waals surface area contributed by atoms with Gasteiger partial charge in [0.15, 0.2) is 0 Å². The summed E-state index contributed by atoms with van der Waals surface area (Å²) in [7, 11) is 0. The lowest BCUT2D eigenvalue weighted by Gasteiger charge is -2.14. The van der Waals surface area contributed by atoms with Crippen LogP contribution in [0.3, 0.4) is 0 Å². The minimum atomic E-state index is -0.912. The Kier molecular flexibility index (Phi) is 3.91. The van der Waals surface area contributed by atoms with Crippen LogP contribution in [-0.4, -0.2) is 11.1 Å². The Bertz CT molecular complexity index is 601. The Hall–Kier alpha value is -1.80. The molecule has 0 heterocycles. The van der Waals surface area contributed by atoms with E-state index in [-0.39, 0.29) is 0 Å². The fourth-order valence-corrected chi connectivity index (χ4v) is 2.20. The zero-order valence-electron chi connectivity index (χ0n) is 10.9. The third kappa shape index (κ3) is 2.96. The summed E-state index contributed by atoms with van der Waals surface area (Å²) in [5.74, 6) is -0.584. The highest BCUT2D eigenvalue weighted by molar-refractivity contribution is 6.30. The predicted molar refractivity (Wildman–Crippen MR) is 77.9 cm³/mol. The maximum absolute atomic E-state index is 11.1. The molecule has 0 fully saturated rings. The summed E-state index contributed by atoms with van der Waals surface area (Å²) in [4.78, 5) is 11.1. The van der Waals surface area contributed by atoms with E-state index >= 15 is 0 Å². The molecule has 0 amide bonds. The second kappa shape index (κ2) is 5.45. The summed E-state index contributed by atoms with van der Waals surface area (Å²) in [6, 6.07) is 12.7. The molecular weight excluding hydrogens is 260 g/mol. The zero-order chi connectivity index (χ0) is 14.0. The second-order valence-corrected chi connectivity index (χ2v) is 5.21. The van der Waals surface area contributed by atoms with Crippen molar-refractivity contribution in [2.45, 2.75) is 19.8 Å². The average Bonchev–Trinajstić information content (AvgIpc) is 2.38. The summed E-state index contributed by atoms with van der Waals surface area (Å²) in [6.45, 7) is 4.18. The van der Waals surface area contributed by atoms with Gasteiger partial charge in [-0.15, -0.1) is 0 Å². The number of hydrogen-bond acceptors (Lipinski definition) is 1. The first-order valence-electron chi connectivity index (χ1n) is 6.12. The summed E-state index contributed by atoms with van der Waals surface area (Å²) in [6.07, 6.45) is 0. The molecule has 0 aromatic heterocycles. The molecule has 0 bridgehead atoms. The molecular formula is C16H15ClO2. The van der Waals surface area contributed by atoms with Crippen LogP contribution in [0.1, 0.15) is 35.7 Å². The number of aromatic carboxylic acids is 1. The van der Waals surface area contributed by atoms with E-state index in [9.17, 15) is 4.79 Å². The Morgan fingerprint density at radius 1 is 1.11 bits per heavy atom. The minimum absolute atomic E-state index is 0.300. The Morgan fingerprint density at radius 2 is 1.74 bits per heavy atom. The van der Waals surface area contributed by atoms with Gasteiger partial charge in [-0.05, 0) is 46.9 Å². The third-order valence-electron chi connectivity index (χ3n) is 3.08. The molecule has 2 nitrogen and oxygen atoms in total. The molecule has 0 aliphatic rings. The molecule has 19 heavy (non-hydrogen) atoms. The highest BCUT2D eigenvalue weighted by Crippen LogP contribution is 2.31. The van der Waals surface area contributed by atoms with Crippen molar-refractivity contribution in [3.05, 3.63) is 58.6 Å². The lowest BCUT2D eigenvalue weighted by atomic mass is 9.91. The third-order valence-corrected chi connectivity index (χ3v) is 3.33. The van der Waals surface area contributed by atoms with Gasteiger partial charge in [-0.1, -0.05) is 43.6 Å². The fraction of sp³-hybridized carbons (Fsp3) is 0.188. The molecule has 0 saturated carbocycles. The van der Waals surface area contributed by atoms with E-state index in [1.165, 1.54) is 0 Å². The number of halogens is 1. The Morgan fingerprint density at radius 3 is 2.26 bits per heavy atom. The number of rotatable bonds is 3. The molecule has 0 radical (unpaired) electrons. The molecule has 2 rings (SSSR count). The number of carbonyl (C=O) groups is 1. The summed E-state index contributed by atoms with van der Waals surface area (Å²) >= 11 is 5.89. The fourth-order valence-electron chi connectivity index (χ4n) is 2.07. The normalized spacial score (nSPS) is 10.7. The molecule has 0 atom stereocenters. The molecule has 98 valence electrons. The van der Waals surface area contributed by atoms with Crippen LogP contribution in [-0.2, 0) is 0 Å². The summed E-state index contributed by atoms with van der Waals surface area (Å²) in [5.41, 5.74) is 3.37. The van der Waals surface area contributed by atoms with Gasteiger partial charge in [0.25, 0.3) is 0 Å². The van der Waals surface area contributed by atoms with Crippen molar-refractivity contribution in [2.75, 3.05) is 0 Å². The second-order valence-electron chi connectivity index (χ2n) is 4.77. The number of benzene rings is 2.